The van der Waals surface area contributed by atoms with Crippen molar-refractivity contribution in [3.05, 3.63) is 48.0 Å². The molecule has 176 valence electrons. The first-order valence-electron chi connectivity index (χ1n) is 11.1. The molecule has 3 aliphatic heterocycles. The topological polar surface area (TPSA) is 88.2 Å². The summed E-state index contributed by atoms with van der Waals surface area (Å²) in [4.78, 5) is 16.7. The quantitative estimate of drug-likeness (QED) is 0.689. The van der Waals surface area contributed by atoms with E-state index in [-0.39, 0.29) is 16.1 Å². The normalized spacial score (nSPS) is 21.6. The minimum absolute atomic E-state index is 0.119. The van der Waals surface area contributed by atoms with Crippen molar-refractivity contribution in [2.45, 2.75) is 21.5 Å². The summed E-state index contributed by atoms with van der Waals surface area (Å²) < 4.78 is 38.7. The highest BCUT2D eigenvalue weighted by atomic mass is 32.2. The average Bonchev–Trinajstić information content (AvgIpc) is 3.30. The molecule has 3 aliphatic rings. The lowest BCUT2D eigenvalue weighted by Crippen LogP contribution is -2.40. The number of benzene rings is 2. The van der Waals surface area contributed by atoms with E-state index in [1.807, 2.05) is 24.3 Å². The molecule has 0 spiro atoms. The first kappa shape index (κ1) is 22.7. The number of rotatable bonds is 5. The summed E-state index contributed by atoms with van der Waals surface area (Å²) in [5.41, 5.74) is 2.50. The maximum absolute atomic E-state index is 13.2. The fourth-order valence-electron chi connectivity index (χ4n) is 4.33. The van der Waals surface area contributed by atoms with Gasteiger partial charge < -0.3 is 19.7 Å². The first-order valence-corrected chi connectivity index (χ1v) is 13.4. The van der Waals surface area contributed by atoms with Crippen molar-refractivity contribution in [1.29, 1.82) is 0 Å². The van der Waals surface area contributed by atoms with Crippen molar-refractivity contribution in [3.63, 3.8) is 0 Å². The van der Waals surface area contributed by atoms with E-state index in [1.165, 1.54) is 9.87 Å². The number of ether oxygens (including phenoxy) is 2. The Bertz CT molecular complexity index is 1100. The van der Waals surface area contributed by atoms with Gasteiger partial charge in [-0.2, -0.15) is 4.31 Å². The third-order valence-corrected chi connectivity index (χ3v) is 9.34. The van der Waals surface area contributed by atoms with E-state index in [9.17, 15) is 13.2 Å². The molecule has 0 saturated carbocycles. The number of hydrogen-bond acceptors (Lipinski definition) is 7. The molecule has 10 heteroatoms. The predicted molar refractivity (Wildman–Crippen MR) is 127 cm³/mol. The molecule has 0 aliphatic carbocycles. The number of amides is 1. The second-order valence-corrected chi connectivity index (χ2v) is 11.4. The minimum Gasteiger partial charge on any atom is -0.379 e. The summed E-state index contributed by atoms with van der Waals surface area (Å²) in [5, 5.41) is 2.80. The van der Waals surface area contributed by atoms with Crippen LogP contribution in [0.25, 0.3) is 0 Å². The zero-order valence-corrected chi connectivity index (χ0v) is 19.9. The first-order chi connectivity index (χ1) is 16.0. The van der Waals surface area contributed by atoms with Gasteiger partial charge in [0.1, 0.15) is 0 Å². The summed E-state index contributed by atoms with van der Waals surface area (Å²) in [7, 11) is -3.68. The summed E-state index contributed by atoms with van der Waals surface area (Å²) in [6.45, 7) is 3.97. The van der Waals surface area contributed by atoms with Crippen LogP contribution >= 0.6 is 11.8 Å². The lowest BCUT2D eigenvalue weighted by Gasteiger charge is -2.31. The summed E-state index contributed by atoms with van der Waals surface area (Å²) in [6, 6.07) is 13.1. The molecule has 0 radical (unpaired) electrons. The molecule has 0 aromatic heterocycles. The highest BCUT2D eigenvalue weighted by Crippen LogP contribution is 2.38. The molecule has 1 N–H and O–H groups in total. The van der Waals surface area contributed by atoms with Gasteiger partial charge in [-0.25, -0.2) is 8.42 Å². The lowest BCUT2D eigenvalue weighted by molar-refractivity contribution is -0.115. The lowest BCUT2D eigenvalue weighted by atomic mass is 10.1. The Kier molecular flexibility index (Phi) is 6.62. The molecule has 1 atom stereocenters. The SMILES string of the molecule is O=C(Nc1cc(S(=O)(=O)N2CCOCC2)ccc1N1CCOCC1)C1Cc2ccccc2S1. The van der Waals surface area contributed by atoms with Crippen LogP contribution in [0.1, 0.15) is 5.56 Å². The number of sulfonamides is 1. The van der Waals surface area contributed by atoms with Crippen LogP contribution in [0.3, 0.4) is 0 Å². The van der Waals surface area contributed by atoms with Gasteiger partial charge in [-0.3, -0.25) is 4.79 Å². The van der Waals surface area contributed by atoms with Crippen molar-refractivity contribution < 1.29 is 22.7 Å². The largest absolute Gasteiger partial charge is 0.379 e. The molecule has 5 rings (SSSR count). The van der Waals surface area contributed by atoms with Crippen molar-refractivity contribution in [2.75, 3.05) is 62.8 Å². The number of thioether (sulfide) groups is 1. The molecule has 2 aromatic rings. The van der Waals surface area contributed by atoms with Crippen LogP contribution in [-0.4, -0.2) is 76.5 Å². The maximum atomic E-state index is 13.2. The van der Waals surface area contributed by atoms with E-state index in [4.69, 9.17) is 9.47 Å². The second-order valence-electron chi connectivity index (χ2n) is 8.20. The summed E-state index contributed by atoms with van der Waals surface area (Å²) >= 11 is 1.55. The van der Waals surface area contributed by atoms with Crippen molar-refractivity contribution in [1.82, 2.24) is 4.31 Å². The van der Waals surface area contributed by atoms with Crippen LogP contribution in [0.4, 0.5) is 11.4 Å². The Morgan fingerprint density at radius 3 is 2.39 bits per heavy atom. The highest BCUT2D eigenvalue weighted by Gasteiger charge is 2.31. The Labute approximate surface area is 198 Å². The summed E-state index contributed by atoms with van der Waals surface area (Å²) in [6.07, 6.45) is 0.658. The number of morpholine rings is 2. The fraction of sp³-hybridized carbons (Fsp3) is 0.435. The number of hydrogen-bond donors (Lipinski definition) is 1. The van der Waals surface area contributed by atoms with Crippen LogP contribution in [0, 0.1) is 0 Å². The number of nitrogens with zero attached hydrogens (tertiary/aromatic N) is 2. The zero-order valence-electron chi connectivity index (χ0n) is 18.2. The van der Waals surface area contributed by atoms with E-state index in [0.717, 1.165) is 10.6 Å². The van der Waals surface area contributed by atoms with E-state index < -0.39 is 10.0 Å². The van der Waals surface area contributed by atoms with Crippen LogP contribution in [0.5, 0.6) is 0 Å². The van der Waals surface area contributed by atoms with Gasteiger partial charge in [0.25, 0.3) is 0 Å². The number of anilines is 2. The van der Waals surface area contributed by atoms with E-state index in [2.05, 4.69) is 10.2 Å². The molecular weight excluding hydrogens is 462 g/mol. The van der Waals surface area contributed by atoms with Gasteiger partial charge in [0.15, 0.2) is 0 Å². The van der Waals surface area contributed by atoms with Gasteiger partial charge in [0.05, 0.1) is 47.9 Å². The van der Waals surface area contributed by atoms with Crippen LogP contribution in [-0.2, 0) is 30.7 Å². The van der Waals surface area contributed by atoms with Crippen molar-refractivity contribution in [3.8, 4) is 0 Å². The third-order valence-electron chi connectivity index (χ3n) is 6.13. The van der Waals surface area contributed by atoms with Gasteiger partial charge in [-0.05, 0) is 36.2 Å². The maximum Gasteiger partial charge on any atom is 0.243 e. The van der Waals surface area contributed by atoms with E-state index >= 15 is 0 Å². The smallest absolute Gasteiger partial charge is 0.243 e. The average molecular weight is 490 g/mol. The monoisotopic (exact) mass is 489 g/mol. The molecule has 3 heterocycles. The van der Waals surface area contributed by atoms with Gasteiger partial charge in [-0.1, -0.05) is 18.2 Å². The van der Waals surface area contributed by atoms with Crippen LogP contribution in [0.15, 0.2) is 52.3 Å². The zero-order chi connectivity index (χ0) is 22.8. The summed E-state index contributed by atoms with van der Waals surface area (Å²) in [5.74, 6) is -0.119. The van der Waals surface area contributed by atoms with Gasteiger partial charge >= 0.3 is 0 Å². The van der Waals surface area contributed by atoms with E-state index in [1.54, 1.807) is 30.0 Å². The molecule has 2 aromatic carbocycles. The second kappa shape index (κ2) is 9.63. The van der Waals surface area contributed by atoms with Crippen molar-refractivity contribution in [2.24, 2.45) is 0 Å². The third kappa shape index (κ3) is 4.76. The number of nitrogens with one attached hydrogen (secondary N) is 1. The van der Waals surface area contributed by atoms with Gasteiger partial charge in [-0.15, -0.1) is 11.8 Å². The molecule has 1 unspecified atom stereocenters. The van der Waals surface area contributed by atoms with Crippen molar-refractivity contribution >= 4 is 39.1 Å². The minimum atomic E-state index is -3.68. The molecule has 8 nitrogen and oxygen atoms in total. The predicted octanol–water partition coefficient (Wildman–Crippen LogP) is 2.20. The Morgan fingerprint density at radius 1 is 0.970 bits per heavy atom. The number of carbonyl (C=O) groups excluding carboxylic acids is 1. The van der Waals surface area contributed by atoms with Crippen LogP contribution < -0.4 is 10.2 Å². The number of carbonyl (C=O) groups is 1. The molecule has 2 fully saturated rings. The molecule has 1 amide bonds. The fourth-order valence-corrected chi connectivity index (χ4v) is 6.96. The number of fused-ring (bicyclic) bond motifs is 1. The Hall–Kier alpha value is -2.11. The standard InChI is InChI=1S/C23H27N3O5S2/c27-23(22-15-17-3-1-2-4-21(17)32-22)24-19-16-18(33(28,29)26-9-13-31-14-10-26)5-6-20(19)25-7-11-30-12-8-25/h1-6,16,22H,7-15H2,(H,24,27). The highest BCUT2D eigenvalue weighted by molar-refractivity contribution is 8.01. The van der Waals surface area contributed by atoms with E-state index in [0.29, 0.717) is 64.7 Å². The van der Waals surface area contributed by atoms with Gasteiger partial charge in [0, 0.05) is 31.1 Å². The Morgan fingerprint density at radius 2 is 1.67 bits per heavy atom. The molecular formula is C23H27N3O5S2. The Balaban J connectivity index is 1.43. The van der Waals surface area contributed by atoms with Crippen LogP contribution in [0.2, 0.25) is 0 Å². The van der Waals surface area contributed by atoms with Gasteiger partial charge in [0.2, 0.25) is 15.9 Å². The molecule has 2 saturated heterocycles. The molecule has 33 heavy (non-hydrogen) atoms. The molecule has 0 bridgehead atoms.